The van der Waals surface area contributed by atoms with Gasteiger partial charge in [0.05, 0.1) is 32.4 Å². The van der Waals surface area contributed by atoms with E-state index in [0.717, 1.165) is 16.6 Å². The van der Waals surface area contributed by atoms with Crippen LogP contribution in [0.25, 0.3) is 10.9 Å². The van der Waals surface area contributed by atoms with Gasteiger partial charge in [0.15, 0.2) is 11.5 Å². The van der Waals surface area contributed by atoms with Crippen LogP contribution in [0.5, 0.6) is 23.0 Å². The molecule has 0 fully saturated rings. The van der Waals surface area contributed by atoms with Gasteiger partial charge in [-0.2, -0.15) is 4.98 Å². The van der Waals surface area contributed by atoms with Gasteiger partial charge in [0, 0.05) is 35.8 Å². The van der Waals surface area contributed by atoms with Crippen LogP contribution in [0.2, 0.25) is 0 Å². The van der Waals surface area contributed by atoms with Crippen LogP contribution in [0.1, 0.15) is 18.6 Å². The van der Waals surface area contributed by atoms with Crippen molar-refractivity contribution in [2.75, 3.05) is 50.9 Å². The molecule has 3 aromatic carbocycles. The molecule has 0 spiro atoms. The van der Waals surface area contributed by atoms with Crippen LogP contribution in [-0.4, -0.2) is 61.6 Å². The Labute approximate surface area is 231 Å². The number of carbonyl (C=O) groups is 1. The Kier molecular flexibility index (Phi) is 8.02. The van der Waals surface area contributed by atoms with Crippen LogP contribution >= 0.6 is 0 Å². The summed E-state index contributed by atoms with van der Waals surface area (Å²) in [5.74, 6) is 3.12. The first-order valence-corrected chi connectivity index (χ1v) is 12.8. The number of hydrogen-bond donors (Lipinski definition) is 3. The van der Waals surface area contributed by atoms with Crippen LogP contribution in [-0.2, 0) is 4.79 Å². The van der Waals surface area contributed by atoms with Crippen molar-refractivity contribution >= 4 is 34.3 Å². The average molecular weight is 546 g/mol. The number of anilines is 3. The molecule has 40 heavy (non-hydrogen) atoms. The molecule has 4 aromatic rings. The van der Waals surface area contributed by atoms with E-state index in [2.05, 4.69) is 20.5 Å². The summed E-state index contributed by atoms with van der Waals surface area (Å²) in [5.41, 5.74) is 2.14. The van der Waals surface area contributed by atoms with Crippen molar-refractivity contribution in [3.63, 3.8) is 0 Å². The van der Waals surface area contributed by atoms with Crippen LogP contribution in [0.15, 0.2) is 60.7 Å². The molecule has 2 heterocycles. The number of hydrogen-bond acceptors (Lipinski definition) is 10. The molecule has 1 aliphatic heterocycles. The number of rotatable bonds is 11. The molecular weight excluding hydrogens is 514 g/mol. The lowest BCUT2D eigenvalue weighted by Gasteiger charge is -2.24. The van der Waals surface area contributed by atoms with Gasteiger partial charge < -0.3 is 39.6 Å². The van der Waals surface area contributed by atoms with Gasteiger partial charge >= 0.3 is 0 Å². The number of amides is 1. The number of fused-ring (bicyclic) bond motifs is 2. The Hall–Kier alpha value is -4.77. The highest BCUT2D eigenvalue weighted by atomic mass is 16.7. The highest BCUT2D eigenvalue weighted by molar-refractivity contribution is 5.93. The van der Waals surface area contributed by atoms with Gasteiger partial charge in [-0.1, -0.05) is 12.1 Å². The topological polar surface area (TPSA) is 127 Å². The smallest absolute Gasteiger partial charge is 0.239 e. The van der Waals surface area contributed by atoms with Crippen molar-refractivity contribution in [3.8, 4) is 23.0 Å². The van der Waals surface area contributed by atoms with E-state index >= 15 is 0 Å². The Bertz CT molecular complexity index is 1510. The van der Waals surface area contributed by atoms with E-state index < -0.39 is 6.10 Å². The van der Waals surface area contributed by atoms with Crippen molar-refractivity contribution < 1.29 is 28.8 Å². The number of methoxy groups -OCH3 is 2. The van der Waals surface area contributed by atoms with Gasteiger partial charge in [-0.3, -0.25) is 4.79 Å². The monoisotopic (exact) mass is 545 g/mol. The fraction of sp³-hybridized carbons (Fsp3) is 0.276. The minimum atomic E-state index is -0.989. The van der Waals surface area contributed by atoms with E-state index in [1.165, 1.54) is 7.11 Å². The second kappa shape index (κ2) is 12.0. The second-order valence-corrected chi connectivity index (χ2v) is 8.95. The van der Waals surface area contributed by atoms with Gasteiger partial charge in [0.1, 0.15) is 17.3 Å². The van der Waals surface area contributed by atoms with Crippen LogP contribution < -0.4 is 34.5 Å². The number of ether oxygens (including phenoxy) is 4. The predicted octanol–water partition coefficient (Wildman–Crippen LogP) is 3.80. The molecule has 5 rings (SSSR count). The minimum absolute atomic E-state index is 0.0123. The summed E-state index contributed by atoms with van der Waals surface area (Å²) in [4.78, 5) is 24.1. The Morgan fingerprint density at radius 1 is 1.05 bits per heavy atom. The Balaban J connectivity index is 1.30. The molecule has 11 heteroatoms. The summed E-state index contributed by atoms with van der Waals surface area (Å²) in [6.45, 7) is 2.76. The third kappa shape index (κ3) is 5.64. The predicted molar refractivity (Wildman–Crippen MR) is 151 cm³/mol. The SMILES string of the molecule is CCN(c1ccc2c(c1)OCO2)c1nc(NCC(=O)NCC(O)c2cc(OC)ccc2OC)nc2ccccc12. The van der Waals surface area contributed by atoms with Gasteiger partial charge in [-0.05, 0) is 49.4 Å². The molecular formula is C29H31N5O6. The first-order valence-electron chi connectivity index (χ1n) is 12.8. The molecule has 1 amide bonds. The van der Waals surface area contributed by atoms with Crippen LogP contribution in [0, 0.1) is 0 Å². The molecule has 0 saturated heterocycles. The highest BCUT2D eigenvalue weighted by Gasteiger charge is 2.20. The van der Waals surface area contributed by atoms with Gasteiger partial charge in [-0.25, -0.2) is 4.98 Å². The van der Waals surface area contributed by atoms with E-state index in [9.17, 15) is 9.90 Å². The van der Waals surface area contributed by atoms with Crippen LogP contribution in [0.4, 0.5) is 17.5 Å². The van der Waals surface area contributed by atoms with E-state index in [1.54, 1.807) is 25.3 Å². The fourth-order valence-electron chi connectivity index (χ4n) is 4.49. The molecule has 1 aromatic heterocycles. The number of aliphatic hydroxyl groups is 1. The minimum Gasteiger partial charge on any atom is -0.497 e. The summed E-state index contributed by atoms with van der Waals surface area (Å²) >= 11 is 0. The lowest BCUT2D eigenvalue weighted by molar-refractivity contribution is -0.119. The van der Waals surface area contributed by atoms with Crippen molar-refractivity contribution in [1.29, 1.82) is 0 Å². The fourth-order valence-corrected chi connectivity index (χ4v) is 4.49. The van der Waals surface area contributed by atoms with E-state index in [0.29, 0.717) is 46.9 Å². The molecule has 1 unspecified atom stereocenters. The standard InChI is InChI=1S/C29H31N5O6/c1-4-34(18-9-11-25-26(13-18)40-17-39-25)28-20-7-5-6-8-22(20)32-29(33-28)31-16-27(36)30-15-23(35)21-14-19(37-2)10-12-24(21)38-3/h5-14,23,35H,4,15-17H2,1-3H3,(H,30,36)(H,31,32,33). The summed E-state index contributed by atoms with van der Waals surface area (Å²) in [5, 5.41) is 17.3. The second-order valence-electron chi connectivity index (χ2n) is 8.95. The molecule has 0 saturated carbocycles. The number of aromatic nitrogens is 2. The van der Waals surface area contributed by atoms with E-state index in [-0.39, 0.29) is 25.8 Å². The van der Waals surface area contributed by atoms with Crippen molar-refractivity contribution in [2.45, 2.75) is 13.0 Å². The molecule has 11 nitrogen and oxygen atoms in total. The number of nitrogens with one attached hydrogen (secondary N) is 2. The van der Waals surface area contributed by atoms with Gasteiger partial charge in [0.25, 0.3) is 0 Å². The van der Waals surface area contributed by atoms with Gasteiger partial charge in [-0.15, -0.1) is 0 Å². The quantitative estimate of drug-likeness (QED) is 0.256. The maximum absolute atomic E-state index is 12.7. The molecule has 0 aliphatic carbocycles. The first-order chi connectivity index (χ1) is 19.5. The number of nitrogens with zero attached hydrogens (tertiary/aromatic N) is 3. The highest BCUT2D eigenvalue weighted by Crippen LogP contribution is 2.38. The lowest BCUT2D eigenvalue weighted by atomic mass is 10.1. The average Bonchev–Trinajstić information content (AvgIpc) is 3.47. The van der Waals surface area contributed by atoms with Crippen molar-refractivity contribution in [3.05, 3.63) is 66.2 Å². The lowest BCUT2D eigenvalue weighted by Crippen LogP contribution is -2.33. The molecule has 3 N–H and O–H groups in total. The number of benzene rings is 3. The summed E-state index contributed by atoms with van der Waals surface area (Å²) in [6.07, 6.45) is -0.989. The number of para-hydroxylation sites is 1. The number of aliphatic hydroxyl groups excluding tert-OH is 1. The maximum atomic E-state index is 12.7. The van der Waals surface area contributed by atoms with Gasteiger partial charge in [0.2, 0.25) is 18.6 Å². The zero-order valence-corrected chi connectivity index (χ0v) is 22.5. The molecule has 1 atom stereocenters. The van der Waals surface area contributed by atoms with Crippen molar-refractivity contribution in [1.82, 2.24) is 15.3 Å². The van der Waals surface area contributed by atoms with Crippen LogP contribution in [0.3, 0.4) is 0 Å². The third-order valence-corrected chi connectivity index (χ3v) is 6.52. The third-order valence-electron chi connectivity index (χ3n) is 6.52. The zero-order chi connectivity index (χ0) is 28.1. The maximum Gasteiger partial charge on any atom is 0.239 e. The summed E-state index contributed by atoms with van der Waals surface area (Å²) in [6, 6.07) is 18.6. The Morgan fingerprint density at radius 3 is 2.67 bits per heavy atom. The summed E-state index contributed by atoms with van der Waals surface area (Å²) < 4.78 is 21.6. The molecule has 0 radical (unpaired) electrons. The zero-order valence-electron chi connectivity index (χ0n) is 22.5. The van der Waals surface area contributed by atoms with E-state index in [1.807, 2.05) is 49.4 Å². The molecule has 1 aliphatic rings. The van der Waals surface area contributed by atoms with Crippen molar-refractivity contribution in [2.24, 2.45) is 0 Å². The Morgan fingerprint density at radius 2 is 1.88 bits per heavy atom. The largest absolute Gasteiger partial charge is 0.497 e. The summed E-state index contributed by atoms with van der Waals surface area (Å²) in [7, 11) is 3.06. The first kappa shape index (κ1) is 26.8. The normalized spacial score (nSPS) is 12.6. The number of carbonyl (C=O) groups excluding carboxylic acids is 1. The molecule has 0 bridgehead atoms. The molecule has 208 valence electrons. The van der Waals surface area contributed by atoms with E-state index in [4.69, 9.17) is 23.9 Å².